The van der Waals surface area contributed by atoms with Crippen molar-refractivity contribution in [1.82, 2.24) is 9.97 Å². The van der Waals surface area contributed by atoms with Gasteiger partial charge < -0.3 is 4.74 Å². The molecule has 12 heavy (non-hydrogen) atoms. The lowest BCUT2D eigenvalue weighted by Gasteiger charge is -2.15. The predicted octanol–water partition coefficient (Wildman–Crippen LogP) is 1.85. The van der Waals surface area contributed by atoms with E-state index in [1.807, 2.05) is 20.8 Å². The van der Waals surface area contributed by atoms with Crippen LogP contribution in [0.1, 0.15) is 26.5 Å². The maximum Gasteiger partial charge on any atom is 0.289 e. The van der Waals surface area contributed by atoms with E-state index in [2.05, 4.69) is 9.97 Å². The summed E-state index contributed by atoms with van der Waals surface area (Å²) in [6, 6.07) is 0. The summed E-state index contributed by atoms with van der Waals surface area (Å²) in [4.78, 5) is 6.11. The summed E-state index contributed by atoms with van der Waals surface area (Å²) < 4.78 is 17.6. The van der Waals surface area contributed by atoms with Gasteiger partial charge in [0.1, 0.15) is 5.69 Å². The molecule has 1 heterocycles. The number of nitrogens with one attached hydrogen (secondary N) is 1. The maximum absolute atomic E-state index is 12.7. The van der Waals surface area contributed by atoms with E-state index in [9.17, 15) is 4.39 Å². The van der Waals surface area contributed by atoms with E-state index in [0.29, 0.717) is 11.6 Å². The Labute approximate surface area is 71.0 Å². The summed E-state index contributed by atoms with van der Waals surface area (Å²) in [5.41, 5.74) is 0.411. The van der Waals surface area contributed by atoms with Crippen LogP contribution >= 0.6 is 0 Å². The van der Waals surface area contributed by atoms with Crippen molar-refractivity contribution < 1.29 is 9.13 Å². The van der Waals surface area contributed by atoms with Gasteiger partial charge >= 0.3 is 0 Å². The quantitative estimate of drug-likeness (QED) is 0.702. The lowest BCUT2D eigenvalue weighted by molar-refractivity contribution is 0.380. The molecule has 0 aliphatic heterocycles. The Morgan fingerprint density at radius 3 is 2.33 bits per heavy atom. The fourth-order valence-corrected chi connectivity index (χ4v) is 0.986. The number of imidazole rings is 1. The summed E-state index contributed by atoms with van der Waals surface area (Å²) >= 11 is 0. The molecular weight excluding hydrogens is 159 g/mol. The van der Waals surface area contributed by atoms with Crippen LogP contribution in [0.2, 0.25) is 0 Å². The molecule has 0 amide bonds. The fraction of sp³-hybridized carbons (Fsp3) is 0.625. The number of methoxy groups -OCH3 is 1. The number of rotatable bonds is 1. The Morgan fingerprint density at radius 2 is 2.00 bits per heavy atom. The third-order valence-corrected chi connectivity index (χ3v) is 1.56. The van der Waals surface area contributed by atoms with Crippen molar-refractivity contribution in [2.75, 3.05) is 7.11 Å². The number of hydrogen-bond donors (Lipinski definition) is 1. The Kier molecular flexibility index (Phi) is 2.08. The molecule has 1 rings (SSSR count). The molecule has 1 N–H and O–H groups in total. The van der Waals surface area contributed by atoms with Gasteiger partial charge in [0, 0.05) is 5.41 Å². The van der Waals surface area contributed by atoms with Gasteiger partial charge in [-0.15, -0.1) is 0 Å². The SMILES string of the molecule is COc1[nH]c(F)nc1C(C)(C)C. The van der Waals surface area contributed by atoms with Crippen LogP contribution in [0.25, 0.3) is 0 Å². The Balaban J connectivity index is 3.13. The molecule has 1 aromatic rings. The minimum absolute atomic E-state index is 0.202. The van der Waals surface area contributed by atoms with Crippen molar-refractivity contribution in [2.24, 2.45) is 0 Å². The molecule has 0 spiro atoms. The molecule has 0 fully saturated rings. The zero-order chi connectivity index (χ0) is 9.35. The van der Waals surface area contributed by atoms with Crippen LogP contribution in [-0.4, -0.2) is 17.1 Å². The first-order chi connectivity index (χ1) is 5.45. The van der Waals surface area contributed by atoms with Gasteiger partial charge in [-0.1, -0.05) is 20.8 Å². The third kappa shape index (κ3) is 1.57. The average molecular weight is 172 g/mol. The average Bonchev–Trinajstić information content (AvgIpc) is 2.29. The van der Waals surface area contributed by atoms with Gasteiger partial charge in [0.15, 0.2) is 0 Å². The number of aromatic amines is 1. The number of ether oxygens (including phenoxy) is 1. The highest BCUT2D eigenvalue weighted by molar-refractivity contribution is 5.25. The molecule has 1 aromatic heterocycles. The second-order valence-corrected chi connectivity index (χ2v) is 3.66. The van der Waals surface area contributed by atoms with Gasteiger partial charge in [-0.3, -0.25) is 4.98 Å². The number of halogens is 1. The summed E-state index contributed by atoms with van der Waals surface area (Å²) in [6.07, 6.45) is -0.600. The highest BCUT2D eigenvalue weighted by Crippen LogP contribution is 2.28. The molecule has 3 nitrogen and oxygen atoms in total. The van der Waals surface area contributed by atoms with Crippen LogP contribution in [0.3, 0.4) is 0 Å². The van der Waals surface area contributed by atoms with Crippen molar-refractivity contribution in [2.45, 2.75) is 26.2 Å². The molecule has 68 valence electrons. The Bertz CT molecular complexity index is 275. The molecular formula is C8H13FN2O. The van der Waals surface area contributed by atoms with Gasteiger partial charge in [-0.2, -0.15) is 4.39 Å². The van der Waals surface area contributed by atoms with Crippen LogP contribution in [0.5, 0.6) is 5.88 Å². The molecule has 4 heteroatoms. The van der Waals surface area contributed by atoms with E-state index in [1.54, 1.807) is 0 Å². The third-order valence-electron chi connectivity index (χ3n) is 1.56. The van der Waals surface area contributed by atoms with Gasteiger partial charge in [-0.05, 0) is 0 Å². The molecule has 0 bridgehead atoms. The topological polar surface area (TPSA) is 37.9 Å². The van der Waals surface area contributed by atoms with Gasteiger partial charge in [0.25, 0.3) is 6.08 Å². The first kappa shape index (κ1) is 9.03. The standard InChI is InChI=1S/C8H13FN2O/c1-8(2,3)5-6(12-4)11-7(9)10-5/h1-4H3,(H,10,11). The van der Waals surface area contributed by atoms with Gasteiger partial charge in [-0.25, -0.2) is 4.98 Å². The predicted molar refractivity (Wildman–Crippen MR) is 43.8 cm³/mol. The van der Waals surface area contributed by atoms with E-state index in [4.69, 9.17) is 4.74 Å². The highest BCUT2D eigenvalue weighted by Gasteiger charge is 2.23. The van der Waals surface area contributed by atoms with Gasteiger partial charge in [0.2, 0.25) is 5.88 Å². The first-order valence-corrected chi connectivity index (χ1v) is 3.75. The Morgan fingerprint density at radius 1 is 1.42 bits per heavy atom. The molecule has 0 radical (unpaired) electrons. The van der Waals surface area contributed by atoms with E-state index >= 15 is 0 Å². The highest BCUT2D eigenvalue weighted by atomic mass is 19.1. The summed E-state index contributed by atoms with van der Waals surface area (Å²) in [6.45, 7) is 5.85. The summed E-state index contributed by atoms with van der Waals surface area (Å²) in [5, 5.41) is 0. The summed E-state index contributed by atoms with van der Waals surface area (Å²) in [7, 11) is 1.49. The molecule has 0 atom stereocenters. The van der Waals surface area contributed by atoms with Crippen LogP contribution in [0.15, 0.2) is 0 Å². The minimum Gasteiger partial charge on any atom is -0.481 e. The summed E-state index contributed by atoms with van der Waals surface area (Å²) in [5.74, 6) is 0.403. The normalized spacial score (nSPS) is 11.8. The van der Waals surface area contributed by atoms with Crippen LogP contribution < -0.4 is 4.74 Å². The smallest absolute Gasteiger partial charge is 0.289 e. The van der Waals surface area contributed by atoms with Crippen molar-refractivity contribution in [1.29, 1.82) is 0 Å². The molecule has 0 aliphatic rings. The molecule has 0 unspecified atom stereocenters. The largest absolute Gasteiger partial charge is 0.481 e. The van der Waals surface area contributed by atoms with Crippen molar-refractivity contribution in [3.8, 4) is 5.88 Å². The zero-order valence-corrected chi connectivity index (χ0v) is 7.73. The van der Waals surface area contributed by atoms with Crippen LogP contribution in [0, 0.1) is 6.08 Å². The number of aromatic nitrogens is 2. The lowest BCUT2D eigenvalue weighted by Crippen LogP contribution is -2.13. The fourth-order valence-electron chi connectivity index (χ4n) is 0.986. The molecule has 0 saturated carbocycles. The molecule has 0 aliphatic carbocycles. The number of H-pyrrole nitrogens is 1. The van der Waals surface area contributed by atoms with Crippen LogP contribution in [-0.2, 0) is 5.41 Å². The number of hydrogen-bond acceptors (Lipinski definition) is 2. The monoisotopic (exact) mass is 172 g/mol. The minimum atomic E-state index is -0.600. The van der Waals surface area contributed by atoms with E-state index in [-0.39, 0.29) is 5.41 Å². The molecule has 0 saturated heterocycles. The van der Waals surface area contributed by atoms with Crippen LogP contribution in [0.4, 0.5) is 4.39 Å². The van der Waals surface area contributed by atoms with E-state index < -0.39 is 6.08 Å². The van der Waals surface area contributed by atoms with Crippen molar-refractivity contribution >= 4 is 0 Å². The second-order valence-electron chi connectivity index (χ2n) is 3.66. The van der Waals surface area contributed by atoms with Crippen molar-refractivity contribution in [3.63, 3.8) is 0 Å². The first-order valence-electron chi connectivity index (χ1n) is 3.75. The second kappa shape index (κ2) is 2.77. The molecule has 0 aromatic carbocycles. The van der Waals surface area contributed by atoms with E-state index in [0.717, 1.165) is 0 Å². The zero-order valence-electron chi connectivity index (χ0n) is 7.73. The van der Waals surface area contributed by atoms with Crippen molar-refractivity contribution in [3.05, 3.63) is 11.8 Å². The lowest BCUT2D eigenvalue weighted by atomic mass is 9.92. The number of nitrogens with zero attached hydrogens (tertiary/aromatic N) is 1. The Hall–Kier alpha value is -1.06. The van der Waals surface area contributed by atoms with Gasteiger partial charge in [0.05, 0.1) is 7.11 Å². The maximum atomic E-state index is 12.7. The van der Waals surface area contributed by atoms with E-state index in [1.165, 1.54) is 7.11 Å².